The summed E-state index contributed by atoms with van der Waals surface area (Å²) in [5.41, 5.74) is 5.96. The van der Waals surface area contributed by atoms with Gasteiger partial charge in [0, 0.05) is 12.1 Å². The van der Waals surface area contributed by atoms with Gasteiger partial charge < -0.3 is 20.4 Å². The zero-order chi connectivity index (χ0) is 15.1. The largest absolute Gasteiger partial charge is 0.373 e. The van der Waals surface area contributed by atoms with Crippen LogP contribution >= 0.6 is 11.6 Å². The molecular weight excluding hydrogens is 282 g/mol. The summed E-state index contributed by atoms with van der Waals surface area (Å²) in [6, 6.07) is 0. The topological polar surface area (TPSA) is 86.4 Å². The van der Waals surface area contributed by atoms with Crippen molar-refractivity contribution in [3.05, 3.63) is 22.0 Å². The van der Waals surface area contributed by atoms with E-state index in [4.69, 9.17) is 22.1 Å². The molecule has 0 saturated heterocycles. The molecule has 1 aromatic heterocycles. The molecule has 110 valence electrons. The van der Waals surface area contributed by atoms with Crippen LogP contribution in [0.3, 0.4) is 0 Å². The van der Waals surface area contributed by atoms with Gasteiger partial charge in [-0.2, -0.15) is 0 Å². The summed E-state index contributed by atoms with van der Waals surface area (Å²) in [6.07, 6.45) is 0. The minimum atomic E-state index is -0.654. The minimum Gasteiger partial charge on any atom is -0.373 e. The normalized spacial score (nSPS) is 14.8. The van der Waals surface area contributed by atoms with E-state index in [0.717, 1.165) is 0 Å². The second kappa shape index (κ2) is 5.10. The molecule has 0 atom stereocenters. The molecule has 2 rings (SSSR count). The Bertz CT molecular complexity index is 572. The maximum atomic E-state index is 12.4. The highest BCUT2D eigenvalue weighted by molar-refractivity contribution is 6.37. The summed E-state index contributed by atoms with van der Waals surface area (Å²) < 4.78 is 7.03. The Labute approximate surface area is 122 Å². The van der Waals surface area contributed by atoms with Gasteiger partial charge in [-0.05, 0) is 20.8 Å². The van der Waals surface area contributed by atoms with Crippen LogP contribution < -0.4 is 11.1 Å². The third-order valence-electron chi connectivity index (χ3n) is 2.96. The summed E-state index contributed by atoms with van der Waals surface area (Å²) in [5, 5.41) is 2.94. The Morgan fingerprint density at radius 3 is 2.60 bits per heavy atom. The fraction of sp³-hybridized carbons (Fsp3) is 0.538. The molecule has 2 amide bonds. The average molecular weight is 300 g/mol. The Hall–Kier alpha value is -1.53. The highest BCUT2D eigenvalue weighted by Gasteiger charge is 2.31. The van der Waals surface area contributed by atoms with Crippen molar-refractivity contribution in [2.45, 2.75) is 39.5 Å². The van der Waals surface area contributed by atoms with Crippen LogP contribution in [0.1, 0.15) is 47.3 Å². The molecule has 0 radical (unpaired) electrons. The number of carbonyl (C=O) groups excluding carboxylic acids is 2. The SMILES string of the molecule is CC(C)(C)NC(=O)c1c(Cl)c(C(N)=O)c2n1CCOC2. The molecular formula is C13H18ClN3O3. The molecule has 1 aliphatic rings. The molecule has 0 spiro atoms. The number of ether oxygens (including phenoxy) is 1. The Morgan fingerprint density at radius 1 is 1.40 bits per heavy atom. The first-order chi connectivity index (χ1) is 9.22. The number of primary amides is 1. The first kappa shape index (κ1) is 14.9. The van der Waals surface area contributed by atoms with Gasteiger partial charge in [-0.25, -0.2) is 0 Å². The third kappa shape index (κ3) is 2.66. The maximum absolute atomic E-state index is 12.4. The van der Waals surface area contributed by atoms with Crippen molar-refractivity contribution in [2.75, 3.05) is 6.61 Å². The van der Waals surface area contributed by atoms with Crippen LogP contribution in [-0.4, -0.2) is 28.5 Å². The molecule has 0 saturated carbocycles. The fourth-order valence-electron chi connectivity index (χ4n) is 2.23. The first-order valence-electron chi connectivity index (χ1n) is 6.33. The molecule has 7 heteroatoms. The van der Waals surface area contributed by atoms with Crippen molar-refractivity contribution in [1.29, 1.82) is 0 Å². The van der Waals surface area contributed by atoms with Gasteiger partial charge in [0.1, 0.15) is 5.69 Å². The van der Waals surface area contributed by atoms with Gasteiger partial charge in [-0.15, -0.1) is 0 Å². The van der Waals surface area contributed by atoms with Crippen LogP contribution in [0.15, 0.2) is 0 Å². The number of aromatic nitrogens is 1. The quantitative estimate of drug-likeness (QED) is 0.863. The molecule has 0 unspecified atom stereocenters. The third-order valence-corrected chi connectivity index (χ3v) is 3.33. The number of nitrogens with one attached hydrogen (secondary N) is 1. The van der Waals surface area contributed by atoms with Crippen LogP contribution in [0.2, 0.25) is 5.02 Å². The molecule has 2 heterocycles. The predicted octanol–water partition coefficient (Wildman–Crippen LogP) is 1.30. The Balaban J connectivity index is 2.53. The monoisotopic (exact) mass is 299 g/mol. The van der Waals surface area contributed by atoms with Crippen molar-refractivity contribution in [2.24, 2.45) is 5.73 Å². The highest BCUT2D eigenvalue weighted by atomic mass is 35.5. The highest BCUT2D eigenvalue weighted by Crippen LogP contribution is 2.30. The molecule has 20 heavy (non-hydrogen) atoms. The summed E-state index contributed by atoms with van der Waals surface area (Å²) >= 11 is 6.20. The fourth-order valence-corrected chi connectivity index (χ4v) is 2.62. The zero-order valence-corrected chi connectivity index (χ0v) is 12.5. The van der Waals surface area contributed by atoms with Crippen LogP contribution in [0.25, 0.3) is 0 Å². The lowest BCUT2D eigenvalue weighted by molar-refractivity contribution is 0.0777. The average Bonchev–Trinajstić information content (AvgIpc) is 2.58. The van der Waals surface area contributed by atoms with Crippen molar-refractivity contribution < 1.29 is 14.3 Å². The Kier molecular flexibility index (Phi) is 3.80. The molecule has 0 bridgehead atoms. The molecule has 6 nitrogen and oxygen atoms in total. The second-order valence-electron chi connectivity index (χ2n) is 5.76. The lowest BCUT2D eigenvalue weighted by Gasteiger charge is -2.23. The van der Waals surface area contributed by atoms with Gasteiger partial charge >= 0.3 is 0 Å². The summed E-state index contributed by atoms with van der Waals surface area (Å²) in [4.78, 5) is 23.9. The van der Waals surface area contributed by atoms with Crippen LogP contribution in [0.4, 0.5) is 0 Å². The van der Waals surface area contributed by atoms with E-state index >= 15 is 0 Å². The molecule has 0 aromatic carbocycles. The summed E-state index contributed by atoms with van der Waals surface area (Å²) in [5.74, 6) is -0.975. The van der Waals surface area contributed by atoms with Crippen LogP contribution in [-0.2, 0) is 17.9 Å². The van der Waals surface area contributed by atoms with E-state index in [2.05, 4.69) is 5.32 Å². The number of carbonyl (C=O) groups is 2. The van der Waals surface area contributed by atoms with Gasteiger partial charge in [-0.3, -0.25) is 9.59 Å². The number of amides is 2. The smallest absolute Gasteiger partial charge is 0.269 e. The van der Waals surface area contributed by atoms with E-state index in [1.807, 2.05) is 20.8 Å². The van der Waals surface area contributed by atoms with Gasteiger partial charge in [-0.1, -0.05) is 11.6 Å². The number of fused-ring (bicyclic) bond motifs is 1. The molecule has 3 N–H and O–H groups in total. The molecule has 1 aromatic rings. The summed E-state index contributed by atoms with van der Waals surface area (Å²) in [7, 11) is 0. The zero-order valence-electron chi connectivity index (χ0n) is 11.7. The molecule has 0 fully saturated rings. The number of nitrogens with zero attached hydrogens (tertiary/aromatic N) is 1. The lowest BCUT2D eigenvalue weighted by atomic mass is 10.1. The standard InChI is InChI=1S/C13H18ClN3O3/c1-13(2,3)16-12(19)10-9(14)8(11(15)18)7-6-20-5-4-17(7)10/h4-6H2,1-3H3,(H2,15,18)(H,16,19). The van der Waals surface area contributed by atoms with Gasteiger partial charge in [0.05, 0.1) is 29.5 Å². The van der Waals surface area contributed by atoms with E-state index in [1.54, 1.807) is 4.57 Å². The van der Waals surface area contributed by atoms with Gasteiger partial charge in [0.2, 0.25) is 0 Å². The Morgan fingerprint density at radius 2 is 2.05 bits per heavy atom. The van der Waals surface area contributed by atoms with Gasteiger partial charge in [0.15, 0.2) is 0 Å². The molecule has 1 aliphatic heterocycles. The molecule has 0 aliphatic carbocycles. The van der Waals surface area contributed by atoms with Crippen molar-refractivity contribution in [1.82, 2.24) is 9.88 Å². The summed E-state index contributed by atoms with van der Waals surface area (Å²) in [6.45, 7) is 6.77. The predicted molar refractivity (Wildman–Crippen MR) is 74.8 cm³/mol. The first-order valence-corrected chi connectivity index (χ1v) is 6.71. The van der Waals surface area contributed by atoms with Crippen molar-refractivity contribution in [3.63, 3.8) is 0 Å². The van der Waals surface area contributed by atoms with E-state index in [-0.39, 0.29) is 28.8 Å². The van der Waals surface area contributed by atoms with Crippen molar-refractivity contribution in [3.8, 4) is 0 Å². The number of hydrogen-bond acceptors (Lipinski definition) is 3. The number of nitrogens with two attached hydrogens (primary N) is 1. The number of rotatable bonds is 2. The number of hydrogen-bond donors (Lipinski definition) is 2. The van der Waals surface area contributed by atoms with Crippen LogP contribution in [0.5, 0.6) is 0 Å². The van der Waals surface area contributed by atoms with Crippen LogP contribution in [0, 0.1) is 0 Å². The van der Waals surface area contributed by atoms with E-state index in [9.17, 15) is 9.59 Å². The van der Waals surface area contributed by atoms with Gasteiger partial charge in [0.25, 0.3) is 11.8 Å². The van der Waals surface area contributed by atoms with Crippen molar-refractivity contribution >= 4 is 23.4 Å². The number of halogens is 1. The van der Waals surface area contributed by atoms with E-state index in [0.29, 0.717) is 18.8 Å². The minimum absolute atomic E-state index is 0.0970. The van der Waals surface area contributed by atoms with E-state index < -0.39 is 11.4 Å². The van der Waals surface area contributed by atoms with E-state index in [1.165, 1.54) is 0 Å². The lowest BCUT2D eigenvalue weighted by Crippen LogP contribution is -2.41. The second-order valence-corrected chi connectivity index (χ2v) is 6.13. The maximum Gasteiger partial charge on any atom is 0.269 e.